The molecule has 0 aromatic heterocycles. The van der Waals surface area contributed by atoms with Gasteiger partial charge in [0.2, 0.25) is 0 Å². The summed E-state index contributed by atoms with van der Waals surface area (Å²) >= 11 is 0. The molecule has 0 radical (unpaired) electrons. The quantitative estimate of drug-likeness (QED) is 0.906. The van der Waals surface area contributed by atoms with Crippen LogP contribution in [0, 0.1) is 0 Å². The zero-order valence-electron chi connectivity index (χ0n) is 13.0. The normalized spacial score (nSPS) is 17.0. The second-order valence-corrected chi connectivity index (χ2v) is 6.14. The van der Waals surface area contributed by atoms with Gasteiger partial charge in [-0.05, 0) is 55.0 Å². The molecule has 21 heavy (non-hydrogen) atoms. The van der Waals surface area contributed by atoms with Gasteiger partial charge in [-0.2, -0.15) is 0 Å². The molecule has 1 heterocycles. The predicted octanol–water partition coefficient (Wildman–Crippen LogP) is 4.11. The number of rotatable bonds is 4. The van der Waals surface area contributed by atoms with Crippen LogP contribution < -0.4 is 10.2 Å². The Labute approximate surface area is 127 Å². The molecule has 1 aliphatic heterocycles. The highest BCUT2D eigenvalue weighted by Crippen LogP contribution is 2.26. The van der Waals surface area contributed by atoms with Gasteiger partial charge in [0.1, 0.15) is 0 Å². The second-order valence-electron chi connectivity index (χ2n) is 6.14. The highest BCUT2D eigenvalue weighted by molar-refractivity contribution is 5.53. The third-order valence-corrected chi connectivity index (χ3v) is 4.37. The van der Waals surface area contributed by atoms with E-state index in [4.69, 9.17) is 0 Å². The minimum Gasteiger partial charge on any atom is -0.382 e. The lowest BCUT2D eigenvalue weighted by molar-refractivity contribution is 0.586. The number of nitrogens with zero attached hydrogens (tertiary/aromatic N) is 1. The molecule has 0 saturated heterocycles. The fraction of sp³-hybridized carbons (Fsp3) is 0.368. The van der Waals surface area contributed by atoms with Crippen LogP contribution in [-0.4, -0.2) is 20.1 Å². The molecule has 3 rings (SSSR count). The molecule has 0 aliphatic carbocycles. The fourth-order valence-electron chi connectivity index (χ4n) is 3.02. The number of benzene rings is 2. The van der Waals surface area contributed by atoms with Gasteiger partial charge in [-0.3, -0.25) is 0 Å². The molecule has 2 heteroatoms. The Morgan fingerprint density at radius 1 is 1.05 bits per heavy atom. The zero-order chi connectivity index (χ0) is 14.7. The SMILES string of the molecule is CN(C)c1ccc(CC[C@@H]2CCc3ccccc3N2)cc1. The Kier molecular flexibility index (Phi) is 4.14. The lowest BCUT2D eigenvalue weighted by atomic mass is 9.94. The maximum Gasteiger partial charge on any atom is 0.0374 e. The minimum atomic E-state index is 0.605. The van der Waals surface area contributed by atoms with Crippen molar-refractivity contribution in [1.82, 2.24) is 0 Å². The van der Waals surface area contributed by atoms with E-state index in [1.807, 2.05) is 0 Å². The van der Waals surface area contributed by atoms with E-state index in [1.54, 1.807) is 0 Å². The predicted molar refractivity (Wildman–Crippen MR) is 91.3 cm³/mol. The first kappa shape index (κ1) is 14.0. The average Bonchev–Trinajstić information content (AvgIpc) is 2.53. The first-order valence-electron chi connectivity index (χ1n) is 7.83. The standard InChI is InChI=1S/C19H24N2/c1-21(2)18-13-8-15(9-14-18)7-11-17-12-10-16-5-3-4-6-19(16)20-17/h3-6,8-9,13-14,17,20H,7,10-12H2,1-2H3/t17-/m1/s1. The molecule has 110 valence electrons. The highest BCUT2D eigenvalue weighted by atomic mass is 15.1. The van der Waals surface area contributed by atoms with Crippen molar-refractivity contribution < 1.29 is 0 Å². The molecule has 2 nitrogen and oxygen atoms in total. The zero-order valence-corrected chi connectivity index (χ0v) is 13.0. The molecule has 2 aromatic carbocycles. The van der Waals surface area contributed by atoms with Crippen molar-refractivity contribution in [2.24, 2.45) is 0 Å². The third-order valence-electron chi connectivity index (χ3n) is 4.37. The van der Waals surface area contributed by atoms with E-state index >= 15 is 0 Å². The lowest BCUT2D eigenvalue weighted by Gasteiger charge is -2.27. The first-order chi connectivity index (χ1) is 10.2. The van der Waals surface area contributed by atoms with Gasteiger partial charge in [-0.15, -0.1) is 0 Å². The van der Waals surface area contributed by atoms with E-state index < -0.39 is 0 Å². The molecule has 0 amide bonds. The van der Waals surface area contributed by atoms with E-state index in [-0.39, 0.29) is 0 Å². The molecule has 0 fully saturated rings. The summed E-state index contributed by atoms with van der Waals surface area (Å²) in [4.78, 5) is 2.14. The number of hydrogen-bond acceptors (Lipinski definition) is 2. The Hall–Kier alpha value is -1.96. The Balaban J connectivity index is 1.56. The van der Waals surface area contributed by atoms with E-state index in [1.165, 1.54) is 41.8 Å². The van der Waals surface area contributed by atoms with Crippen LogP contribution in [0.3, 0.4) is 0 Å². The summed E-state index contributed by atoms with van der Waals surface area (Å²) in [5.41, 5.74) is 5.49. The van der Waals surface area contributed by atoms with Crippen LogP contribution in [0.4, 0.5) is 11.4 Å². The van der Waals surface area contributed by atoms with Crippen molar-refractivity contribution in [3.05, 3.63) is 59.7 Å². The van der Waals surface area contributed by atoms with Crippen LogP contribution in [-0.2, 0) is 12.8 Å². The minimum absolute atomic E-state index is 0.605. The molecule has 0 saturated carbocycles. The van der Waals surface area contributed by atoms with Crippen LogP contribution in [0.1, 0.15) is 24.0 Å². The van der Waals surface area contributed by atoms with E-state index in [0.29, 0.717) is 6.04 Å². The largest absolute Gasteiger partial charge is 0.382 e. The van der Waals surface area contributed by atoms with Gasteiger partial charge >= 0.3 is 0 Å². The number of para-hydroxylation sites is 1. The summed E-state index contributed by atoms with van der Waals surface area (Å²) in [6, 6.07) is 18.2. The molecule has 1 atom stereocenters. The average molecular weight is 280 g/mol. The third kappa shape index (κ3) is 3.38. The van der Waals surface area contributed by atoms with Gasteiger partial charge in [-0.25, -0.2) is 0 Å². The maximum absolute atomic E-state index is 3.69. The van der Waals surface area contributed by atoms with Crippen molar-refractivity contribution in [2.75, 3.05) is 24.3 Å². The van der Waals surface area contributed by atoms with Gasteiger partial charge in [0.05, 0.1) is 0 Å². The molecule has 0 unspecified atom stereocenters. The molecule has 0 spiro atoms. The number of anilines is 2. The Morgan fingerprint density at radius 2 is 1.81 bits per heavy atom. The van der Waals surface area contributed by atoms with Crippen LogP contribution in [0.25, 0.3) is 0 Å². The van der Waals surface area contributed by atoms with Gasteiger partial charge in [0.25, 0.3) is 0 Å². The van der Waals surface area contributed by atoms with Crippen LogP contribution in [0.15, 0.2) is 48.5 Å². The summed E-state index contributed by atoms with van der Waals surface area (Å²) in [5.74, 6) is 0. The summed E-state index contributed by atoms with van der Waals surface area (Å²) in [5, 5.41) is 3.69. The topological polar surface area (TPSA) is 15.3 Å². The second kappa shape index (κ2) is 6.21. The highest BCUT2D eigenvalue weighted by Gasteiger charge is 2.16. The lowest BCUT2D eigenvalue weighted by Crippen LogP contribution is -2.25. The molecular weight excluding hydrogens is 256 g/mol. The van der Waals surface area contributed by atoms with Crippen molar-refractivity contribution in [3.8, 4) is 0 Å². The number of nitrogens with one attached hydrogen (secondary N) is 1. The summed E-state index contributed by atoms with van der Waals surface area (Å²) in [6.07, 6.45) is 4.80. The number of hydrogen-bond donors (Lipinski definition) is 1. The number of aryl methyl sites for hydroxylation is 2. The van der Waals surface area contributed by atoms with Crippen molar-refractivity contribution in [3.63, 3.8) is 0 Å². The monoisotopic (exact) mass is 280 g/mol. The van der Waals surface area contributed by atoms with E-state index in [9.17, 15) is 0 Å². The van der Waals surface area contributed by atoms with Crippen LogP contribution >= 0.6 is 0 Å². The molecule has 1 N–H and O–H groups in total. The van der Waals surface area contributed by atoms with Crippen molar-refractivity contribution in [1.29, 1.82) is 0 Å². The van der Waals surface area contributed by atoms with Crippen LogP contribution in [0.5, 0.6) is 0 Å². The molecule has 0 bridgehead atoms. The summed E-state index contributed by atoms with van der Waals surface area (Å²) in [7, 11) is 4.16. The summed E-state index contributed by atoms with van der Waals surface area (Å²) in [6.45, 7) is 0. The van der Waals surface area contributed by atoms with Gasteiger partial charge < -0.3 is 10.2 Å². The van der Waals surface area contributed by atoms with Crippen LogP contribution in [0.2, 0.25) is 0 Å². The number of fused-ring (bicyclic) bond motifs is 1. The smallest absolute Gasteiger partial charge is 0.0374 e. The fourth-order valence-corrected chi connectivity index (χ4v) is 3.02. The van der Waals surface area contributed by atoms with Gasteiger partial charge in [0, 0.05) is 31.5 Å². The van der Waals surface area contributed by atoms with Gasteiger partial charge in [0.15, 0.2) is 0 Å². The Morgan fingerprint density at radius 3 is 2.57 bits per heavy atom. The van der Waals surface area contributed by atoms with E-state index in [0.717, 1.165) is 6.42 Å². The van der Waals surface area contributed by atoms with Gasteiger partial charge in [-0.1, -0.05) is 30.3 Å². The summed E-state index contributed by atoms with van der Waals surface area (Å²) < 4.78 is 0. The molecular formula is C19H24N2. The first-order valence-corrected chi connectivity index (χ1v) is 7.83. The van der Waals surface area contributed by atoms with Crippen molar-refractivity contribution >= 4 is 11.4 Å². The Bertz CT molecular complexity index is 587. The molecule has 1 aliphatic rings. The van der Waals surface area contributed by atoms with Crippen molar-refractivity contribution in [2.45, 2.75) is 31.7 Å². The molecule has 2 aromatic rings. The van der Waals surface area contributed by atoms with E-state index in [2.05, 4.69) is 72.8 Å². The maximum atomic E-state index is 3.69.